The zero-order valence-corrected chi connectivity index (χ0v) is 10.1. The second kappa shape index (κ2) is 4.97. The lowest BCUT2D eigenvalue weighted by atomic mass is 9.98. The fourth-order valence-corrected chi connectivity index (χ4v) is 3.03. The molecule has 1 aromatic rings. The summed E-state index contributed by atoms with van der Waals surface area (Å²) in [6.45, 7) is 0.757. The molecule has 0 saturated heterocycles. The highest BCUT2D eigenvalue weighted by Gasteiger charge is 2.40. The first-order valence-corrected chi connectivity index (χ1v) is 6.62. The molecule has 1 aliphatic carbocycles. The van der Waals surface area contributed by atoms with Crippen molar-refractivity contribution in [1.82, 2.24) is 5.32 Å². The van der Waals surface area contributed by atoms with Crippen molar-refractivity contribution in [1.29, 1.82) is 0 Å². The molecule has 1 saturated carbocycles. The lowest BCUT2D eigenvalue weighted by molar-refractivity contribution is -0.144. The fraction of sp³-hybridized carbons (Fsp3) is 0.583. The standard InChI is InChI=1S/C12H17NO2S/c14-11(15)12(6-1-2-7-12)13-8-5-10-4-3-9-16-10/h3-4,9,13H,1-2,5-8H2,(H,14,15). The van der Waals surface area contributed by atoms with E-state index in [0.717, 1.165) is 38.6 Å². The van der Waals surface area contributed by atoms with Gasteiger partial charge < -0.3 is 10.4 Å². The molecule has 3 nitrogen and oxygen atoms in total. The minimum absolute atomic E-state index is 0.642. The lowest BCUT2D eigenvalue weighted by Gasteiger charge is -2.25. The molecule has 4 heteroatoms. The van der Waals surface area contributed by atoms with Gasteiger partial charge in [-0.2, -0.15) is 0 Å². The SMILES string of the molecule is O=C(O)C1(NCCc2cccs2)CCCC1. The number of rotatable bonds is 5. The minimum Gasteiger partial charge on any atom is -0.480 e. The van der Waals surface area contributed by atoms with Gasteiger partial charge in [0.05, 0.1) is 0 Å². The summed E-state index contributed by atoms with van der Waals surface area (Å²) in [5.74, 6) is -0.684. The maximum Gasteiger partial charge on any atom is 0.323 e. The second-order valence-corrected chi connectivity index (χ2v) is 5.38. The number of carboxylic acid groups (broad SMARTS) is 1. The Bertz CT molecular complexity index is 342. The molecular formula is C12H17NO2S. The molecule has 0 bridgehead atoms. The minimum atomic E-state index is -0.684. The molecule has 0 amide bonds. The lowest BCUT2D eigenvalue weighted by Crippen LogP contribution is -2.50. The van der Waals surface area contributed by atoms with Crippen molar-refractivity contribution in [2.45, 2.75) is 37.6 Å². The molecule has 1 aromatic heterocycles. The summed E-state index contributed by atoms with van der Waals surface area (Å²) < 4.78 is 0. The van der Waals surface area contributed by atoms with Gasteiger partial charge in [0.2, 0.25) is 0 Å². The van der Waals surface area contributed by atoms with Crippen molar-refractivity contribution < 1.29 is 9.90 Å². The molecule has 2 N–H and O–H groups in total. The van der Waals surface area contributed by atoms with Crippen LogP contribution in [0.25, 0.3) is 0 Å². The Morgan fingerprint density at radius 1 is 1.50 bits per heavy atom. The normalized spacial score (nSPS) is 18.8. The van der Waals surface area contributed by atoms with E-state index >= 15 is 0 Å². The van der Waals surface area contributed by atoms with Crippen LogP contribution in [0.2, 0.25) is 0 Å². The van der Waals surface area contributed by atoms with Crippen LogP contribution >= 0.6 is 11.3 Å². The van der Waals surface area contributed by atoms with Gasteiger partial charge in [-0.15, -0.1) is 11.3 Å². The summed E-state index contributed by atoms with van der Waals surface area (Å²) in [4.78, 5) is 12.6. The van der Waals surface area contributed by atoms with Crippen molar-refractivity contribution in [2.75, 3.05) is 6.54 Å². The van der Waals surface area contributed by atoms with Crippen molar-refractivity contribution in [2.24, 2.45) is 0 Å². The monoisotopic (exact) mass is 239 g/mol. The summed E-state index contributed by atoms with van der Waals surface area (Å²) in [6.07, 6.45) is 4.52. The van der Waals surface area contributed by atoms with E-state index in [9.17, 15) is 9.90 Å². The van der Waals surface area contributed by atoms with Crippen LogP contribution in [-0.2, 0) is 11.2 Å². The van der Waals surface area contributed by atoms with Gasteiger partial charge in [-0.1, -0.05) is 18.9 Å². The molecule has 88 valence electrons. The Kier molecular flexibility index (Phi) is 3.61. The van der Waals surface area contributed by atoms with Crippen LogP contribution in [0.1, 0.15) is 30.6 Å². The highest BCUT2D eigenvalue weighted by Crippen LogP contribution is 2.29. The summed E-state index contributed by atoms with van der Waals surface area (Å²) in [6, 6.07) is 4.12. The number of carbonyl (C=O) groups is 1. The van der Waals surface area contributed by atoms with Crippen LogP contribution in [-0.4, -0.2) is 23.2 Å². The average molecular weight is 239 g/mol. The van der Waals surface area contributed by atoms with E-state index in [2.05, 4.69) is 16.8 Å². The maximum atomic E-state index is 11.3. The highest BCUT2D eigenvalue weighted by atomic mass is 32.1. The smallest absolute Gasteiger partial charge is 0.323 e. The third-order valence-corrected chi connectivity index (χ3v) is 4.22. The Morgan fingerprint density at radius 3 is 2.81 bits per heavy atom. The second-order valence-electron chi connectivity index (χ2n) is 4.35. The third kappa shape index (κ3) is 2.44. The molecule has 0 unspecified atom stereocenters. The Balaban J connectivity index is 1.85. The predicted molar refractivity (Wildman–Crippen MR) is 64.9 cm³/mol. The third-order valence-electron chi connectivity index (χ3n) is 3.28. The predicted octanol–water partition coefficient (Wildman–Crippen LogP) is 2.28. The largest absolute Gasteiger partial charge is 0.480 e. The molecule has 1 aliphatic rings. The van der Waals surface area contributed by atoms with Gasteiger partial charge in [-0.05, 0) is 30.7 Å². The van der Waals surface area contributed by atoms with E-state index < -0.39 is 11.5 Å². The molecular weight excluding hydrogens is 222 g/mol. The van der Waals surface area contributed by atoms with Crippen LogP contribution in [0.3, 0.4) is 0 Å². The number of nitrogens with one attached hydrogen (secondary N) is 1. The molecule has 1 fully saturated rings. The zero-order valence-electron chi connectivity index (χ0n) is 9.24. The van der Waals surface area contributed by atoms with Gasteiger partial charge in [-0.25, -0.2) is 0 Å². The number of hydrogen-bond donors (Lipinski definition) is 2. The molecule has 0 aliphatic heterocycles. The first kappa shape index (κ1) is 11.6. The van der Waals surface area contributed by atoms with Crippen LogP contribution in [0, 0.1) is 0 Å². The summed E-state index contributed by atoms with van der Waals surface area (Å²) in [5.41, 5.74) is -0.642. The van der Waals surface area contributed by atoms with Crippen molar-refractivity contribution >= 4 is 17.3 Å². The van der Waals surface area contributed by atoms with Gasteiger partial charge in [0.1, 0.15) is 5.54 Å². The molecule has 2 rings (SSSR count). The topological polar surface area (TPSA) is 49.3 Å². The van der Waals surface area contributed by atoms with E-state index in [1.165, 1.54) is 4.88 Å². The number of hydrogen-bond acceptors (Lipinski definition) is 3. The van der Waals surface area contributed by atoms with Crippen LogP contribution < -0.4 is 5.32 Å². The van der Waals surface area contributed by atoms with Crippen molar-refractivity contribution in [3.63, 3.8) is 0 Å². The number of carboxylic acids is 1. The maximum absolute atomic E-state index is 11.3. The Labute approximate surface area is 99.5 Å². The molecule has 0 aromatic carbocycles. The summed E-state index contributed by atoms with van der Waals surface area (Å²) in [5, 5.41) is 14.6. The van der Waals surface area contributed by atoms with Gasteiger partial charge in [0, 0.05) is 11.4 Å². The van der Waals surface area contributed by atoms with Crippen LogP contribution in [0.4, 0.5) is 0 Å². The molecule has 0 spiro atoms. The Morgan fingerprint density at radius 2 is 2.25 bits per heavy atom. The van der Waals surface area contributed by atoms with Gasteiger partial charge in [0.25, 0.3) is 0 Å². The molecule has 1 heterocycles. The summed E-state index contributed by atoms with van der Waals surface area (Å²) >= 11 is 1.73. The van der Waals surface area contributed by atoms with Crippen LogP contribution in [0.5, 0.6) is 0 Å². The van der Waals surface area contributed by atoms with Crippen molar-refractivity contribution in [3.8, 4) is 0 Å². The van der Waals surface area contributed by atoms with Gasteiger partial charge in [0.15, 0.2) is 0 Å². The van der Waals surface area contributed by atoms with E-state index in [4.69, 9.17) is 0 Å². The number of aliphatic carboxylic acids is 1. The quantitative estimate of drug-likeness (QED) is 0.828. The molecule has 16 heavy (non-hydrogen) atoms. The van der Waals surface area contributed by atoms with E-state index in [0.29, 0.717) is 0 Å². The van der Waals surface area contributed by atoms with Gasteiger partial charge >= 0.3 is 5.97 Å². The number of thiophene rings is 1. The zero-order chi connectivity index (χ0) is 11.4. The first-order valence-electron chi connectivity index (χ1n) is 5.74. The van der Waals surface area contributed by atoms with Crippen LogP contribution in [0.15, 0.2) is 17.5 Å². The first-order chi connectivity index (χ1) is 7.73. The van der Waals surface area contributed by atoms with Gasteiger partial charge in [-0.3, -0.25) is 4.79 Å². The molecule has 0 radical (unpaired) electrons. The van der Waals surface area contributed by atoms with E-state index in [1.54, 1.807) is 11.3 Å². The van der Waals surface area contributed by atoms with Crippen molar-refractivity contribution in [3.05, 3.63) is 22.4 Å². The van der Waals surface area contributed by atoms with E-state index in [1.807, 2.05) is 6.07 Å². The highest BCUT2D eigenvalue weighted by molar-refractivity contribution is 7.09. The summed E-state index contributed by atoms with van der Waals surface area (Å²) in [7, 11) is 0. The Hall–Kier alpha value is -0.870. The van der Waals surface area contributed by atoms with E-state index in [-0.39, 0.29) is 0 Å². The average Bonchev–Trinajstić information content (AvgIpc) is 2.88. The fourth-order valence-electron chi connectivity index (χ4n) is 2.32. The molecule has 0 atom stereocenters.